The Morgan fingerprint density at radius 3 is 2.83 bits per heavy atom. The van der Waals surface area contributed by atoms with Crippen LogP contribution in [0.5, 0.6) is 0 Å². The highest BCUT2D eigenvalue weighted by Gasteiger charge is 2.62. The van der Waals surface area contributed by atoms with Crippen molar-refractivity contribution in [2.45, 2.75) is 37.5 Å². The molecule has 1 spiro atoms. The lowest BCUT2D eigenvalue weighted by atomic mass is 9.74. The maximum atomic E-state index is 12.1. The fourth-order valence-electron chi connectivity index (χ4n) is 4.95. The molecule has 0 radical (unpaired) electrons. The molecule has 4 rings (SSSR count). The standard InChI is InChI=1S/C17H29N5O3S.CH2O2/c1-20(2)26(23,24)19-11-14-15-12-21(8-4-10-22-9-3-7-18-22)13-17(15)6-5-16(14)25-17;2-1-3/h3,7,9,14-16,19H,4-6,8,10-13H2,1-2H3;1H,(H,2,3)/t14-,15+,16+,17+;/m0./s1. The number of hydrogen-bond donors (Lipinski definition) is 2. The van der Waals surface area contributed by atoms with Crippen molar-refractivity contribution < 1.29 is 23.1 Å². The van der Waals surface area contributed by atoms with Crippen LogP contribution < -0.4 is 4.72 Å². The predicted octanol–water partition coefficient (Wildman–Crippen LogP) is -0.151. The van der Waals surface area contributed by atoms with Gasteiger partial charge in [-0.25, -0.2) is 4.72 Å². The van der Waals surface area contributed by atoms with Crippen molar-refractivity contribution in [3.05, 3.63) is 18.5 Å². The molecule has 0 saturated carbocycles. The van der Waals surface area contributed by atoms with Crippen LogP contribution in [0.1, 0.15) is 19.3 Å². The van der Waals surface area contributed by atoms with Crippen LogP contribution >= 0.6 is 0 Å². The first-order valence-electron chi connectivity index (χ1n) is 9.94. The van der Waals surface area contributed by atoms with E-state index in [2.05, 4.69) is 14.7 Å². The Kier molecular flexibility index (Phi) is 6.94. The predicted molar refractivity (Wildman–Crippen MR) is 106 cm³/mol. The Balaban J connectivity index is 0.000000755. The lowest BCUT2D eigenvalue weighted by molar-refractivity contribution is -0.122. The maximum absolute atomic E-state index is 12.1. The van der Waals surface area contributed by atoms with E-state index in [1.165, 1.54) is 4.31 Å². The summed E-state index contributed by atoms with van der Waals surface area (Å²) >= 11 is 0. The normalized spacial score (nSPS) is 30.9. The molecule has 164 valence electrons. The minimum atomic E-state index is -3.38. The van der Waals surface area contributed by atoms with E-state index in [9.17, 15) is 8.42 Å². The van der Waals surface area contributed by atoms with E-state index in [0.29, 0.717) is 12.5 Å². The summed E-state index contributed by atoms with van der Waals surface area (Å²) in [6.45, 7) is 4.16. The molecular formula is C18H31N5O5S. The Morgan fingerprint density at radius 2 is 2.17 bits per heavy atom. The maximum Gasteiger partial charge on any atom is 0.290 e. The smallest absolute Gasteiger partial charge is 0.290 e. The number of rotatable bonds is 8. The van der Waals surface area contributed by atoms with Gasteiger partial charge in [0.2, 0.25) is 0 Å². The summed E-state index contributed by atoms with van der Waals surface area (Å²) in [5, 5.41) is 11.1. The fraction of sp³-hybridized carbons (Fsp3) is 0.778. The molecule has 2 bridgehead atoms. The summed E-state index contributed by atoms with van der Waals surface area (Å²) in [6, 6.07) is 1.95. The number of aromatic nitrogens is 2. The number of carbonyl (C=O) groups is 1. The second-order valence-corrected chi connectivity index (χ2v) is 10.1. The van der Waals surface area contributed by atoms with Crippen molar-refractivity contribution in [3.63, 3.8) is 0 Å². The lowest BCUT2D eigenvalue weighted by Gasteiger charge is -2.29. The summed E-state index contributed by atoms with van der Waals surface area (Å²) < 4.78 is 36.5. The quantitative estimate of drug-likeness (QED) is 0.552. The zero-order valence-corrected chi connectivity index (χ0v) is 17.8. The van der Waals surface area contributed by atoms with Gasteiger partial charge in [-0.2, -0.15) is 17.8 Å². The van der Waals surface area contributed by atoms with Gasteiger partial charge in [0.1, 0.15) is 0 Å². The van der Waals surface area contributed by atoms with Gasteiger partial charge in [-0.15, -0.1) is 0 Å². The first-order chi connectivity index (χ1) is 13.8. The lowest BCUT2D eigenvalue weighted by Crippen LogP contribution is -2.44. The first-order valence-corrected chi connectivity index (χ1v) is 11.4. The fourth-order valence-corrected chi connectivity index (χ4v) is 5.61. The van der Waals surface area contributed by atoms with Gasteiger partial charge >= 0.3 is 0 Å². The van der Waals surface area contributed by atoms with E-state index in [4.69, 9.17) is 14.6 Å². The van der Waals surface area contributed by atoms with Crippen LogP contribution in [0.25, 0.3) is 0 Å². The molecule has 0 unspecified atom stereocenters. The highest BCUT2D eigenvalue weighted by Crippen LogP contribution is 2.54. The van der Waals surface area contributed by atoms with Crippen molar-refractivity contribution in [3.8, 4) is 0 Å². The summed E-state index contributed by atoms with van der Waals surface area (Å²) in [5.41, 5.74) is -0.0510. The third-order valence-corrected chi connectivity index (χ3v) is 7.75. The largest absolute Gasteiger partial charge is 0.483 e. The van der Waals surface area contributed by atoms with Crippen molar-refractivity contribution in [1.82, 2.24) is 23.7 Å². The SMILES string of the molecule is CN(C)S(=O)(=O)NC[C@H]1[C@H]2CN(CCCn3cccn3)C[C@]23CC[C@H]1O3.O=CO. The van der Waals surface area contributed by atoms with Crippen LogP contribution in [-0.4, -0.2) is 91.0 Å². The topological polar surface area (TPSA) is 117 Å². The Labute approximate surface area is 172 Å². The van der Waals surface area contributed by atoms with Crippen molar-refractivity contribution in [2.75, 3.05) is 40.3 Å². The number of fused-ring (bicyclic) bond motifs is 1. The molecule has 4 heterocycles. The van der Waals surface area contributed by atoms with Gasteiger partial charge in [0.15, 0.2) is 0 Å². The van der Waals surface area contributed by atoms with E-state index in [0.717, 1.165) is 45.4 Å². The Morgan fingerprint density at radius 1 is 1.41 bits per heavy atom. The van der Waals surface area contributed by atoms with E-state index >= 15 is 0 Å². The van der Waals surface area contributed by atoms with Crippen LogP contribution in [0.3, 0.4) is 0 Å². The molecule has 3 saturated heterocycles. The number of ether oxygens (including phenoxy) is 1. The van der Waals surface area contributed by atoms with E-state index in [1.54, 1.807) is 14.1 Å². The van der Waals surface area contributed by atoms with E-state index in [-0.39, 0.29) is 24.1 Å². The molecule has 29 heavy (non-hydrogen) atoms. The summed E-state index contributed by atoms with van der Waals surface area (Å²) in [5.74, 6) is 0.699. The molecule has 1 aromatic rings. The van der Waals surface area contributed by atoms with Crippen molar-refractivity contribution in [2.24, 2.45) is 11.8 Å². The van der Waals surface area contributed by atoms with E-state index in [1.807, 2.05) is 23.1 Å². The van der Waals surface area contributed by atoms with Crippen molar-refractivity contribution >= 4 is 16.7 Å². The zero-order chi connectivity index (χ0) is 21.1. The molecule has 0 aromatic carbocycles. The zero-order valence-electron chi connectivity index (χ0n) is 17.0. The molecule has 0 aliphatic carbocycles. The first kappa shape index (κ1) is 22.2. The molecule has 11 heteroatoms. The molecule has 1 aromatic heterocycles. The number of aryl methyl sites for hydroxylation is 1. The van der Waals surface area contributed by atoms with Gasteiger partial charge in [0, 0.05) is 71.0 Å². The molecule has 3 aliphatic rings. The van der Waals surface area contributed by atoms with Gasteiger partial charge in [-0.1, -0.05) is 0 Å². The van der Waals surface area contributed by atoms with Crippen LogP contribution in [0.4, 0.5) is 0 Å². The molecule has 4 atom stereocenters. The van der Waals surface area contributed by atoms with Gasteiger partial charge in [0.05, 0.1) is 11.7 Å². The monoisotopic (exact) mass is 429 g/mol. The van der Waals surface area contributed by atoms with Crippen LogP contribution in [-0.2, 0) is 26.3 Å². The van der Waals surface area contributed by atoms with Crippen LogP contribution in [0.15, 0.2) is 18.5 Å². The third-order valence-electron chi connectivity index (χ3n) is 6.26. The van der Waals surface area contributed by atoms with Gasteiger partial charge in [-0.3, -0.25) is 14.4 Å². The number of nitrogens with zero attached hydrogens (tertiary/aromatic N) is 4. The number of hydrogen-bond acceptors (Lipinski definition) is 6. The molecule has 10 nitrogen and oxygen atoms in total. The minimum absolute atomic E-state index is 0.0510. The second kappa shape index (κ2) is 9.09. The summed E-state index contributed by atoms with van der Waals surface area (Å²) in [6.07, 6.45) is 7.23. The van der Waals surface area contributed by atoms with Crippen LogP contribution in [0.2, 0.25) is 0 Å². The van der Waals surface area contributed by atoms with Crippen molar-refractivity contribution in [1.29, 1.82) is 0 Å². The summed E-state index contributed by atoms with van der Waals surface area (Å²) in [4.78, 5) is 10.9. The number of nitrogens with one attached hydrogen (secondary N) is 1. The van der Waals surface area contributed by atoms with Crippen LogP contribution in [0, 0.1) is 11.8 Å². The molecule has 3 aliphatic heterocycles. The molecular weight excluding hydrogens is 398 g/mol. The van der Waals surface area contributed by atoms with E-state index < -0.39 is 10.2 Å². The summed E-state index contributed by atoms with van der Waals surface area (Å²) in [7, 11) is -0.275. The highest BCUT2D eigenvalue weighted by molar-refractivity contribution is 7.87. The third kappa shape index (κ3) is 4.80. The Hall–Kier alpha value is -1.53. The van der Waals surface area contributed by atoms with Gasteiger partial charge in [0.25, 0.3) is 16.7 Å². The molecule has 2 N–H and O–H groups in total. The molecule has 3 fully saturated rings. The second-order valence-electron chi connectivity index (χ2n) is 8.13. The van der Waals surface area contributed by atoms with Gasteiger partial charge in [-0.05, 0) is 25.3 Å². The Bertz CT molecular complexity index is 772. The molecule has 0 amide bonds. The number of carboxylic acid groups (broad SMARTS) is 1. The average molecular weight is 430 g/mol. The van der Waals surface area contributed by atoms with Gasteiger partial charge < -0.3 is 9.84 Å². The number of likely N-dealkylation sites (tertiary alicyclic amines) is 1. The minimum Gasteiger partial charge on any atom is -0.483 e. The highest BCUT2D eigenvalue weighted by atomic mass is 32.2. The average Bonchev–Trinajstić information content (AvgIpc) is 3.41.